The molecule has 2 rings (SSSR count). The Bertz CT molecular complexity index is 517. The fraction of sp³-hybridized carbons (Fsp3) is 0.267. The number of para-hydroxylation sites is 1. The molecule has 0 aliphatic carbocycles. The highest BCUT2D eigenvalue weighted by Gasteiger charge is 2.07. The first-order chi connectivity index (χ1) is 8.66. The lowest BCUT2D eigenvalue weighted by Crippen LogP contribution is -2.06. The van der Waals surface area contributed by atoms with Crippen LogP contribution in [0.3, 0.4) is 0 Å². The molecule has 0 unspecified atom stereocenters. The number of benzene rings is 1. The molecule has 0 radical (unpaired) electrons. The number of hydrogen-bond donors (Lipinski definition) is 1. The van der Waals surface area contributed by atoms with Crippen molar-refractivity contribution >= 4 is 22.9 Å². The second-order valence-corrected chi connectivity index (χ2v) is 4.92. The SMILES string of the molecule is CC.CC(=O)Nc1ccccc1-c1ccc(C)s1. The molecule has 0 bridgehead atoms. The van der Waals surface area contributed by atoms with Gasteiger partial charge >= 0.3 is 0 Å². The Morgan fingerprint density at radius 3 is 2.33 bits per heavy atom. The quantitative estimate of drug-likeness (QED) is 0.833. The number of thiophene rings is 1. The van der Waals surface area contributed by atoms with Crippen molar-refractivity contribution in [1.29, 1.82) is 0 Å². The summed E-state index contributed by atoms with van der Waals surface area (Å²) in [6.45, 7) is 7.60. The summed E-state index contributed by atoms with van der Waals surface area (Å²) in [5.74, 6) is -0.0410. The first kappa shape index (κ1) is 14.5. The van der Waals surface area contributed by atoms with Crippen LogP contribution in [0.4, 0.5) is 5.69 Å². The normalized spacial score (nSPS) is 9.33. The molecular weight excluding hydrogens is 242 g/mol. The molecule has 3 heteroatoms. The molecule has 0 fully saturated rings. The van der Waals surface area contributed by atoms with Gasteiger partial charge < -0.3 is 5.32 Å². The minimum atomic E-state index is -0.0410. The summed E-state index contributed by atoms with van der Waals surface area (Å²) in [5, 5.41) is 2.85. The fourth-order valence-corrected chi connectivity index (χ4v) is 2.48. The van der Waals surface area contributed by atoms with E-state index < -0.39 is 0 Å². The molecule has 1 aromatic heterocycles. The maximum atomic E-state index is 11.1. The van der Waals surface area contributed by atoms with Crippen molar-refractivity contribution in [3.05, 3.63) is 41.3 Å². The molecule has 96 valence electrons. The van der Waals surface area contributed by atoms with Crippen LogP contribution in [0.5, 0.6) is 0 Å². The molecule has 1 N–H and O–H groups in total. The van der Waals surface area contributed by atoms with Crippen molar-refractivity contribution in [2.24, 2.45) is 0 Å². The zero-order valence-corrected chi connectivity index (χ0v) is 12.1. The van der Waals surface area contributed by atoms with Crippen LogP contribution >= 0.6 is 11.3 Å². The van der Waals surface area contributed by atoms with Crippen LogP contribution in [0, 0.1) is 6.92 Å². The summed E-state index contributed by atoms with van der Waals surface area (Å²) in [6.07, 6.45) is 0. The summed E-state index contributed by atoms with van der Waals surface area (Å²) in [5.41, 5.74) is 1.95. The van der Waals surface area contributed by atoms with Gasteiger partial charge in [0.25, 0.3) is 0 Å². The standard InChI is InChI=1S/C13H13NOS.C2H6/c1-9-7-8-13(16-9)11-5-3-4-6-12(11)14-10(2)15;1-2/h3-8H,1-2H3,(H,14,15);1-2H3. The number of carbonyl (C=O) groups is 1. The maximum absolute atomic E-state index is 11.1. The van der Waals surface area contributed by atoms with E-state index in [1.807, 2.05) is 38.1 Å². The van der Waals surface area contributed by atoms with Gasteiger partial charge in [0, 0.05) is 27.9 Å². The predicted octanol–water partition coefficient (Wildman–Crippen LogP) is 4.71. The second-order valence-electron chi connectivity index (χ2n) is 3.64. The van der Waals surface area contributed by atoms with E-state index in [0.29, 0.717) is 0 Å². The van der Waals surface area contributed by atoms with Crippen molar-refractivity contribution in [3.63, 3.8) is 0 Å². The molecule has 0 aliphatic heterocycles. The second kappa shape index (κ2) is 6.97. The molecule has 0 atom stereocenters. The Kier molecular flexibility index (Phi) is 5.59. The Hall–Kier alpha value is -1.61. The van der Waals surface area contributed by atoms with E-state index in [1.165, 1.54) is 16.7 Å². The molecule has 2 aromatic rings. The summed E-state index contributed by atoms with van der Waals surface area (Å²) >= 11 is 1.73. The van der Waals surface area contributed by atoms with Gasteiger partial charge in [-0.05, 0) is 25.1 Å². The van der Waals surface area contributed by atoms with Crippen LogP contribution in [-0.4, -0.2) is 5.91 Å². The Labute approximate surface area is 113 Å². The van der Waals surface area contributed by atoms with E-state index in [9.17, 15) is 4.79 Å². The minimum absolute atomic E-state index is 0.0410. The first-order valence-corrected chi connectivity index (χ1v) is 6.92. The van der Waals surface area contributed by atoms with Crippen LogP contribution in [-0.2, 0) is 4.79 Å². The number of aryl methyl sites for hydroxylation is 1. The van der Waals surface area contributed by atoms with Crippen LogP contribution in [0.1, 0.15) is 25.6 Å². The number of rotatable bonds is 2. The molecule has 0 saturated carbocycles. The molecule has 1 heterocycles. The fourth-order valence-electron chi connectivity index (χ4n) is 1.58. The van der Waals surface area contributed by atoms with Crippen LogP contribution < -0.4 is 5.32 Å². The zero-order valence-electron chi connectivity index (χ0n) is 11.3. The lowest BCUT2D eigenvalue weighted by molar-refractivity contribution is -0.114. The molecular formula is C15H19NOS. The van der Waals surface area contributed by atoms with Crippen molar-refractivity contribution < 1.29 is 4.79 Å². The van der Waals surface area contributed by atoms with Gasteiger partial charge in [-0.2, -0.15) is 0 Å². The van der Waals surface area contributed by atoms with Crippen molar-refractivity contribution in [1.82, 2.24) is 0 Å². The van der Waals surface area contributed by atoms with Gasteiger partial charge in [0.05, 0.1) is 0 Å². The summed E-state index contributed by atoms with van der Waals surface area (Å²) in [7, 11) is 0. The third kappa shape index (κ3) is 3.70. The number of nitrogens with one attached hydrogen (secondary N) is 1. The van der Waals surface area contributed by atoms with Crippen molar-refractivity contribution in [3.8, 4) is 10.4 Å². The highest BCUT2D eigenvalue weighted by atomic mass is 32.1. The van der Waals surface area contributed by atoms with Gasteiger partial charge in [0.2, 0.25) is 5.91 Å². The smallest absolute Gasteiger partial charge is 0.221 e. The largest absolute Gasteiger partial charge is 0.326 e. The van der Waals surface area contributed by atoms with Crippen molar-refractivity contribution in [2.45, 2.75) is 27.7 Å². The minimum Gasteiger partial charge on any atom is -0.326 e. The van der Waals surface area contributed by atoms with Gasteiger partial charge in [0.1, 0.15) is 0 Å². The van der Waals surface area contributed by atoms with E-state index >= 15 is 0 Å². The van der Waals surface area contributed by atoms with Gasteiger partial charge in [-0.1, -0.05) is 32.0 Å². The van der Waals surface area contributed by atoms with Crippen LogP contribution in [0.25, 0.3) is 10.4 Å². The summed E-state index contributed by atoms with van der Waals surface area (Å²) < 4.78 is 0. The monoisotopic (exact) mass is 261 g/mol. The van der Waals surface area contributed by atoms with Gasteiger partial charge in [-0.15, -0.1) is 11.3 Å². The highest BCUT2D eigenvalue weighted by Crippen LogP contribution is 2.33. The van der Waals surface area contributed by atoms with Gasteiger partial charge in [0.15, 0.2) is 0 Å². The van der Waals surface area contributed by atoms with Gasteiger partial charge in [-0.25, -0.2) is 0 Å². The molecule has 0 saturated heterocycles. The number of anilines is 1. The highest BCUT2D eigenvalue weighted by molar-refractivity contribution is 7.15. The Morgan fingerprint density at radius 2 is 1.78 bits per heavy atom. The molecule has 0 aliphatic rings. The maximum Gasteiger partial charge on any atom is 0.221 e. The number of hydrogen-bond acceptors (Lipinski definition) is 2. The predicted molar refractivity (Wildman–Crippen MR) is 80.1 cm³/mol. The molecule has 0 spiro atoms. The van der Waals surface area contributed by atoms with Crippen molar-refractivity contribution in [2.75, 3.05) is 5.32 Å². The molecule has 2 nitrogen and oxygen atoms in total. The summed E-state index contributed by atoms with van der Waals surface area (Å²) in [4.78, 5) is 13.5. The Balaban J connectivity index is 0.000000771. The van der Waals surface area contributed by atoms with E-state index in [0.717, 1.165) is 11.3 Å². The summed E-state index contributed by atoms with van der Waals surface area (Å²) in [6, 6.07) is 12.0. The Morgan fingerprint density at radius 1 is 1.11 bits per heavy atom. The van der Waals surface area contributed by atoms with E-state index in [-0.39, 0.29) is 5.91 Å². The topological polar surface area (TPSA) is 29.1 Å². The lowest BCUT2D eigenvalue weighted by atomic mass is 10.1. The first-order valence-electron chi connectivity index (χ1n) is 6.10. The average Bonchev–Trinajstić information content (AvgIpc) is 2.78. The lowest BCUT2D eigenvalue weighted by Gasteiger charge is -2.07. The van der Waals surface area contributed by atoms with Crippen LogP contribution in [0.15, 0.2) is 36.4 Å². The van der Waals surface area contributed by atoms with Gasteiger partial charge in [-0.3, -0.25) is 4.79 Å². The average molecular weight is 261 g/mol. The molecule has 18 heavy (non-hydrogen) atoms. The third-order valence-corrected chi connectivity index (χ3v) is 3.28. The van der Waals surface area contributed by atoms with E-state index in [2.05, 4.69) is 24.4 Å². The molecule has 1 amide bonds. The third-order valence-electron chi connectivity index (χ3n) is 2.24. The van der Waals surface area contributed by atoms with E-state index in [4.69, 9.17) is 0 Å². The van der Waals surface area contributed by atoms with E-state index in [1.54, 1.807) is 11.3 Å². The zero-order chi connectivity index (χ0) is 13.5. The number of carbonyl (C=O) groups excluding carboxylic acids is 1. The molecule has 1 aromatic carbocycles. The van der Waals surface area contributed by atoms with Crippen LogP contribution in [0.2, 0.25) is 0 Å². The number of amides is 1.